The Morgan fingerprint density at radius 3 is 2.41 bits per heavy atom. The normalized spacial score (nSPS) is 11.4. The number of carbonyl (C=O) groups is 1. The quantitative estimate of drug-likeness (QED) is 0.764. The Morgan fingerprint density at radius 1 is 1.24 bits per heavy atom. The van der Waals surface area contributed by atoms with Crippen LogP contribution in [-0.4, -0.2) is 30.7 Å². The summed E-state index contributed by atoms with van der Waals surface area (Å²) >= 11 is 0. The molecule has 2 rings (SSSR count). The Kier molecular flexibility index (Phi) is 2.81. The zero-order valence-electron chi connectivity index (χ0n) is 9.07. The summed E-state index contributed by atoms with van der Waals surface area (Å²) in [6.07, 6.45) is 2.79. The van der Waals surface area contributed by atoms with E-state index in [1.165, 1.54) is 10.9 Å². The number of nitrogens with zero attached hydrogens (tertiary/aromatic N) is 2. The molecule has 0 atom stereocenters. The molecular weight excluding hydrogens is 240 g/mol. The molecule has 0 spiro atoms. The Hall–Kier alpha value is -1.95. The maximum absolute atomic E-state index is 11.6. The molecule has 0 unspecified atom stereocenters. The number of aromatic nitrogens is 2. The molecular formula is C11H10N2O3S. The maximum Gasteiger partial charge on any atom is 0.193 e. The second-order valence-corrected chi connectivity index (χ2v) is 5.47. The summed E-state index contributed by atoms with van der Waals surface area (Å²) in [5.74, 6) is 0. The van der Waals surface area contributed by atoms with Gasteiger partial charge < -0.3 is 0 Å². The molecule has 1 aromatic carbocycles. The Bertz CT molecular complexity index is 645. The van der Waals surface area contributed by atoms with Crippen LogP contribution < -0.4 is 0 Å². The van der Waals surface area contributed by atoms with E-state index in [2.05, 4.69) is 5.10 Å². The molecule has 0 aliphatic heterocycles. The van der Waals surface area contributed by atoms with Gasteiger partial charge in [-0.25, -0.2) is 13.1 Å². The average Bonchev–Trinajstić information content (AvgIpc) is 2.73. The van der Waals surface area contributed by atoms with Crippen molar-refractivity contribution in [3.8, 4) is 5.69 Å². The van der Waals surface area contributed by atoms with E-state index < -0.39 is 9.84 Å². The lowest BCUT2D eigenvalue weighted by Crippen LogP contribution is -2.09. The third-order valence-electron chi connectivity index (χ3n) is 2.23. The van der Waals surface area contributed by atoms with Gasteiger partial charge >= 0.3 is 0 Å². The van der Waals surface area contributed by atoms with E-state index in [9.17, 15) is 13.2 Å². The summed E-state index contributed by atoms with van der Waals surface area (Å²) in [6.45, 7) is 0. The third kappa shape index (κ3) is 2.12. The molecule has 88 valence electrons. The third-order valence-corrected chi connectivity index (χ3v) is 3.34. The van der Waals surface area contributed by atoms with Crippen LogP contribution in [0, 0.1) is 0 Å². The van der Waals surface area contributed by atoms with E-state index in [-0.39, 0.29) is 10.6 Å². The highest BCUT2D eigenvalue weighted by Gasteiger charge is 2.20. The van der Waals surface area contributed by atoms with E-state index in [1.54, 1.807) is 24.3 Å². The molecule has 6 heteroatoms. The Morgan fingerprint density at radius 2 is 1.88 bits per heavy atom. The van der Waals surface area contributed by atoms with Crippen LogP contribution in [0.4, 0.5) is 0 Å². The van der Waals surface area contributed by atoms with Crippen LogP contribution in [0.2, 0.25) is 0 Å². The molecule has 0 aliphatic rings. The molecule has 0 radical (unpaired) electrons. The second kappa shape index (κ2) is 4.14. The van der Waals surface area contributed by atoms with E-state index in [0.717, 1.165) is 6.26 Å². The first-order valence-electron chi connectivity index (χ1n) is 4.82. The highest BCUT2D eigenvalue weighted by atomic mass is 32.2. The average molecular weight is 250 g/mol. The molecule has 0 bridgehead atoms. The number of carbonyl (C=O) groups excluding carboxylic acids is 1. The fraction of sp³-hybridized carbons (Fsp3) is 0.0909. The van der Waals surface area contributed by atoms with E-state index in [0.29, 0.717) is 12.0 Å². The molecule has 1 heterocycles. The molecule has 0 aliphatic carbocycles. The SMILES string of the molecule is CS(=O)(=O)c1c(C=O)cnn1-c1ccccc1. The van der Waals surface area contributed by atoms with Gasteiger partial charge in [-0.2, -0.15) is 5.10 Å². The lowest BCUT2D eigenvalue weighted by molar-refractivity contribution is 0.112. The van der Waals surface area contributed by atoms with Crippen molar-refractivity contribution < 1.29 is 13.2 Å². The molecule has 17 heavy (non-hydrogen) atoms. The van der Waals surface area contributed by atoms with Crippen molar-refractivity contribution in [2.75, 3.05) is 6.26 Å². The van der Waals surface area contributed by atoms with Crippen molar-refractivity contribution in [3.63, 3.8) is 0 Å². The minimum Gasteiger partial charge on any atom is -0.298 e. The van der Waals surface area contributed by atoms with Gasteiger partial charge in [0.05, 0.1) is 17.4 Å². The number of para-hydroxylation sites is 1. The molecule has 0 fully saturated rings. The van der Waals surface area contributed by atoms with Crippen LogP contribution in [-0.2, 0) is 9.84 Å². The summed E-state index contributed by atoms with van der Waals surface area (Å²) in [4.78, 5) is 10.8. The monoisotopic (exact) mass is 250 g/mol. The predicted molar refractivity (Wildman–Crippen MR) is 62.1 cm³/mol. The molecule has 0 saturated carbocycles. The van der Waals surface area contributed by atoms with Crippen molar-refractivity contribution >= 4 is 16.1 Å². The van der Waals surface area contributed by atoms with Gasteiger partial charge in [0.15, 0.2) is 21.1 Å². The molecule has 5 nitrogen and oxygen atoms in total. The molecule has 0 amide bonds. The summed E-state index contributed by atoms with van der Waals surface area (Å²) < 4.78 is 24.5. The number of sulfone groups is 1. The van der Waals surface area contributed by atoms with Crippen LogP contribution >= 0.6 is 0 Å². The van der Waals surface area contributed by atoms with Crippen molar-refractivity contribution in [1.82, 2.24) is 9.78 Å². The van der Waals surface area contributed by atoms with E-state index in [4.69, 9.17) is 0 Å². The topological polar surface area (TPSA) is 69.0 Å². The molecule has 0 N–H and O–H groups in total. The summed E-state index contributed by atoms with van der Waals surface area (Å²) in [6, 6.07) is 8.79. The van der Waals surface area contributed by atoms with Crippen LogP contribution in [0.25, 0.3) is 5.69 Å². The van der Waals surface area contributed by atoms with Gasteiger partial charge in [-0.1, -0.05) is 18.2 Å². The summed E-state index contributed by atoms with van der Waals surface area (Å²) in [5.41, 5.74) is 0.664. The van der Waals surface area contributed by atoms with Crippen molar-refractivity contribution in [2.45, 2.75) is 5.03 Å². The molecule has 1 aromatic heterocycles. The first-order valence-corrected chi connectivity index (χ1v) is 6.72. The van der Waals surface area contributed by atoms with Gasteiger partial charge in [0, 0.05) is 6.26 Å². The fourth-order valence-electron chi connectivity index (χ4n) is 1.55. The number of benzene rings is 1. The van der Waals surface area contributed by atoms with Crippen LogP contribution in [0.5, 0.6) is 0 Å². The number of rotatable bonds is 3. The van der Waals surface area contributed by atoms with Crippen LogP contribution in [0.3, 0.4) is 0 Å². The first kappa shape index (κ1) is 11.5. The minimum atomic E-state index is -3.51. The van der Waals surface area contributed by atoms with Crippen molar-refractivity contribution in [2.24, 2.45) is 0 Å². The van der Waals surface area contributed by atoms with Crippen molar-refractivity contribution in [3.05, 3.63) is 42.1 Å². The predicted octanol–water partition coefficient (Wildman–Crippen LogP) is 1.09. The maximum atomic E-state index is 11.6. The van der Waals surface area contributed by atoms with E-state index in [1.807, 2.05) is 6.07 Å². The molecule has 0 saturated heterocycles. The Labute approximate surface area is 98.6 Å². The number of hydrogen-bond donors (Lipinski definition) is 0. The van der Waals surface area contributed by atoms with Crippen LogP contribution in [0.15, 0.2) is 41.6 Å². The van der Waals surface area contributed by atoms with Gasteiger partial charge in [0.25, 0.3) is 0 Å². The fourth-order valence-corrected chi connectivity index (χ4v) is 2.55. The van der Waals surface area contributed by atoms with Gasteiger partial charge in [-0.15, -0.1) is 0 Å². The van der Waals surface area contributed by atoms with Gasteiger partial charge in [-0.05, 0) is 12.1 Å². The first-order chi connectivity index (χ1) is 8.04. The van der Waals surface area contributed by atoms with Gasteiger partial charge in [0.2, 0.25) is 0 Å². The highest BCUT2D eigenvalue weighted by molar-refractivity contribution is 7.90. The number of hydrogen-bond acceptors (Lipinski definition) is 4. The zero-order chi connectivity index (χ0) is 12.5. The van der Waals surface area contributed by atoms with Crippen molar-refractivity contribution in [1.29, 1.82) is 0 Å². The lowest BCUT2D eigenvalue weighted by Gasteiger charge is -2.05. The minimum absolute atomic E-state index is 0.0661. The molecule has 2 aromatic rings. The smallest absolute Gasteiger partial charge is 0.193 e. The van der Waals surface area contributed by atoms with Crippen LogP contribution in [0.1, 0.15) is 10.4 Å². The standard InChI is InChI=1S/C11H10N2O3S/c1-17(15,16)11-9(8-14)7-12-13(11)10-5-3-2-4-6-10/h2-8H,1H3. The second-order valence-electron chi connectivity index (χ2n) is 3.54. The zero-order valence-corrected chi connectivity index (χ0v) is 9.89. The van der Waals surface area contributed by atoms with Gasteiger partial charge in [-0.3, -0.25) is 4.79 Å². The number of aldehydes is 1. The van der Waals surface area contributed by atoms with Gasteiger partial charge in [0.1, 0.15) is 0 Å². The Balaban J connectivity index is 2.73. The largest absolute Gasteiger partial charge is 0.298 e. The summed E-state index contributed by atoms with van der Waals surface area (Å²) in [5, 5.41) is 3.85. The summed E-state index contributed by atoms with van der Waals surface area (Å²) in [7, 11) is -3.51. The lowest BCUT2D eigenvalue weighted by atomic mass is 10.3. The van der Waals surface area contributed by atoms with E-state index >= 15 is 0 Å². The highest BCUT2D eigenvalue weighted by Crippen LogP contribution is 2.18.